The highest BCUT2D eigenvalue weighted by Gasteiger charge is 2.37. The molecule has 10 heteroatoms. The lowest BCUT2D eigenvalue weighted by atomic mass is 9.98. The van der Waals surface area contributed by atoms with Crippen LogP contribution in [0, 0.1) is 5.92 Å². The van der Waals surface area contributed by atoms with Crippen molar-refractivity contribution in [3.8, 4) is 33.6 Å². The summed E-state index contributed by atoms with van der Waals surface area (Å²) in [5, 5.41) is 8.74. The molecule has 10 nitrogen and oxygen atoms in total. The van der Waals surface area contributed by atoms with Crippen LogP contribution in [0.5, 0.6) is 0 Å². The number of benzene rings is 4. The minimum Gasteiger partial charge on any atom is -0.453 e. The number of hydrogen-bond acceptors (Lipinski definition) is 6. The molecule has 0 bridgehead atoms. The van der Waals surface area contributed by atoms with Crippen LogP contribution in [0.1, 0.15) is 74.9 Å². The van der Waals surface area contributed by atoms with Gasteiger partial charge in [0.25, 0.3) is 0 Å². The first kappa shape index (κ1) is 34.4. The van der Waals surface area contributed by atoms with Gasteiger partial charge >= 0.3 is 6.09 Å². The van der Waals surface area contributed by atoms with E-state index in [0.29, 0.717) is 12.6 Å². The van der Waals surface area contributed by atoms with E-state index in [1.54, 1.807) is 0 Å². The van der Waals surface area contributed by atoms with E-state index >= 15 is 0 Å². The summed E-state index contributed by atoms with van der Waals surface area (Å²) in [5.74, 6) is 1.54. The summed E-state index contributed by atoms with van der Waals surface area (Å²) in [7, 11) is 1.30. The Morgan fingerprint density at radius 1 is 0.755 bits per heavy atom. The van der Waals surface area contributed by atoms with Crippen LogP contribution in [0.2, 0.25) is 0 Å². The number of carbonyl (C=O) groups excluding carboxylic acids is 2. The maximum Gasteiger partial charge on any atom is 0.407 e. The Morgan fingerprint density at radius 3 is 2.11 bits per heavy atom. The first-order valence-electron chi connectivity index (χ1n) is 18.6. The lowest BCUT2D eigenvalue weighted by molar-refractivity contribution is -0.135. The Kier molecular flexibility index (Phi) is 9.53. The van der Waals surface area contributed by atoms with E-state index < -0.39 is 12.1 Å². The SMILES string of the molecule is COC(=O)N[C@H](C(=O)N1CCC[C@H]1c1ncc(-c2ccc3cc(-c4ccc(-c5cnc(C6CC[C@H](c7ccccc7)N6)[nH]5)cc4)ccc3c2)[nH]1)C(C)C. The molecule has 6 aromatic rings. The number of H-pyrrole nitrogens is 2. The van der Waals surface area contributed by atoms with Crippen LogP contribution in [0.4, 0.5) is 4.79 Å². The molecule has 53 heavy (non-hydrogen) atoms. The quantitative estimate of drug-likeness (QED) is 0.119. The first-order chi connectivity index (χ1) is 25.8. The third-order valence-electron chi connectivity index (χ3n) is 10.8. The van der Waals surface area contributed by atoms with Crippen molar-refractivity contribution in [2.45, 2.75) is 63.7 Å². The fraction of sp³-hybridized carbons (Fsp3) is 0.302. The van der Waals surface area contributed by atoms with E-state index in [1.807, 2.05) is 31.1 Å². The van der Waals surface area contributed by atoms with Crippen molar-refractivity contribution >= 4 is 22.8 Å². The first-order valence-corrected chi connectivity index (χ1v) is 18.6. The molecule has 4 N–H and O–H groups in total. The van der Waals surface area contributed by atoms with E-state index in [9.17, 15) is 9.59 Å². The number of rotatable bonds is 9. The number of likely N-dealkylation sites (tertiary alicyclic amines) is 1. The number of methoxy groups -OCH3 is 1. The fourth-order valence-electron chi connectivity index (χ4n) is 7.85. The van der Waals surface area contributed by atoms with Gasteiger partial charge in [-0.2, -0.15) is 0 Å². The maximum absolute atomic E-state index is 13.6. The number of hydrogen-bond donors (Lipinski definition) is 4. The monoisotopic (exact) mass is 707 g/mol. The van der Waals surface area contributed by atoms with Gasteiger partial charge in [-0.25, -0.2) is 14.8 Å². The molecule has 4 aromatic carbocycles. The molecular weight excluding hydrogens is 663 g/mol. The van der Waals surface area contributed by atoms with E-state index in [2.05, 4.69) is 112 Å². The van der Waals surface area contributed by atoms with E-state index in [1.165, 1.54) is 12.7 Å². The minimum atomic E-state index is -0.668. The Labute approximate surface area is 309 Å². The van der Waals surface area contributed by atoms with Crippen molar-refractivity contribution in [3.63, 3.8) is 0 Å². The number of ether oxygens (including phenoxy) is 1. The van der Waals surface area contributed by atoms with Crippen molar-refractivity contribution in [2.24, 2.45) is 5.92 Å². The third kappa shape index (κ3) is 7.06. The number of imidazole rings is 2. The standard InChI is InChI=1S/C43H45N7O3/c1-26(2)39(49-43(52)53-3)42(51)50-21-7-10-38(50)41-45-25-37(48-41)33-18-17-31-22-30(15-16-32(31)23-33)27-11-13-29(14-12-27)36-24-44-40(47-36)35-20-19-34(46-35)28-8-5-4-6-9-28/h4-6,8-9,11-18,22-26,34-35,38-39,46H,7,10,19-21H2,1-3H3,(H,44,47)(H,45,48)(H,49,52)/t34-,35?,38+,39+/m1/s1. The molecule has 2 amide bonds. The molecule has 2 aliphatic heterocycles. The van der Waals surface area contributed by atoms with E-state index in [0.717, 1.165) is 81.7 Å². The molecule has 1 unspecified atom stereocenters. The van der Waals surface area contributed by atoms with Gasteiger partial charge in [0.2, 0.25) is 5.91 Å². The van der Waals surface area contributed by atoms with Gasteiger partial charge in [-0.15, -0.1) is 0 Å². The van der Waals surface area contributed by atoms with Gasteiger partial charge in [-0.3, -0.25) is 4.79 Å². The number of nitrogens with zero attached hydrogens (tertiary/aromatic N) is 3. The third-order valence-corrected chi connectivity index (χ3v) is 10.8. The highest BCUT2D eigenvalue weighted by Crippen LogP contribution is 2.36. The molecule has 270 valence electrons. The molecule has 2 saturated heterocycles. The Bertz CT molecular complexity index is 2230. The molecule has 0 spiro atoms. The molecule has 0 aliphatic carbocycles. The topological polar surface area (TPSA) is 128 Å². The average molecular weight is 708 g/mol. The Morgan fingerprint density at radius 2 is 1.38 bits per heavy atom. The normalized spacial score (nSPS) is 19.2. The van der Waals surface area contributed by atoms with Gasteiger partial charge in [0.1, 0.15) is 17.7 Å². The van der Waals surface area contributed by atoms with Crippen molar-refractivity contribution in [1.82, 2.24) is 35.5 Å². The van der Waals surface area contributed by atoms with Crippen LogP contribution in [-0.2, 0) is 9.53 Å². The molecular formula is C43H45N7O3. The molecule has 0 saturated carbocycles. The summed E-state index contributed by atoms with van der Waals surface area (Å²) in [6.07, 6.45) is 7.00. The predicted molar refractivity (Wildman–Crippen MR) is 207 cm³/mol. The Balaban J connectivity index is 0.938. The number of nitrogens with one attached hydrogen (secondary N) is 4. The predicted octanol–water partition coefficient (Wildman–Crippen LogP) is 8.50. The molecule has 2 aromatic heterocycles. The van der Waals surface area contributed by atoms with Gasteiger partial charge in [0, 0.05) is 18.2 Å². The highest BCUT2D eigenvalue weighted by atomic mass is 16.5. The highest BCUT2D eigenvalue weighted by molar-refractivity contribution is 5.91. The van der Waals surface area contributed by atoms with Crippen LogP contribution >= 0.6 is 0 Å². The van der Waals surface area contributed by atoms with Crippen molar-refractivity contribution in [1.29, 1.82) is 0 Å². The van der Waals surface area contributed by atoms with Crippen LogP contribution in [0.25, 0.3) is 44.4 Å². The number of aromatic amines is 2. The number of carbonyl (C=O) groups is 2. The number of alkyl carbamates (subject to hydrolysis) is 1. The summed E-state index contributed by atoms with van der Waals surface area (Å²) in [4.78, 5) is 43.9. The van der Waals surface area contributed by atoms with Crippen molar-refractivity contribution < 1.29 is 14.3 Å². The second-order valence-electron chi connectivity index (χ2n) is 14.5. The largest absolute Gasteiger partial charge is 0.453 e. The molecule has 8 rings (SSSR count). The summed E-state index contributed by atoms with van der Waals surface area (Å²) >= 11 is 0. The van der Waals surface area contributed by atoms with E-state index in [4.69, 9.17) is 14.7 Å². The number of fused-ring (bicyclic) bond motifs is 1. The zero-order valence-corrected chi connectivity index (χ0v) is 30.3. The molecule has 4 atom stereocenters. The van der Waals surface area contributed by atoms with Crippen LogP contribution < -0.4 is 10.6 Å². The minimum absolute atomic E-state index is 0.0864. The van der Waals surface area contributed by atoms with Gasteiger partial charge in [-0.1, -0.05) is 92.7 Å². The summed E-state index contributed by atoms with van der Waals surface area (Å²) in [6, 6.07) is 32.0. The lowest BCUT2D eigenvalue weighted by Gasteiger charge is -2.30. The maximum atomic E-state index is 13.6. The second-order valence-corrected chi connectivity index (χ2v) is 14.5. The van der Waals surface area contributed by atoms with Crippen molar-refractivity contribution in [3.05, 3.63) is 121 Å². The van der Waals surface area contributed by atoms with Crippen molar-refractivity contribution in [2.75, 3.05) is 13.7 Å². The zero-order chi connectivity index (χ0) is 36.5. The molecule has 4 heterocycles. The van der Waals surface area contributed by atoms with Crippen LogP contribution in [0.15, 0.2) is 103 Å². The molecule has 0 radical (unpaired) electrons. The summed E-state index contributed by atoms with van der Waals surface area (Å²) < 4.78 is 4.77. The van der Waals surface area contributed by atoms with Gasteiger partial charge in [0.15, 0.2) is 0 Å². The van der Waals surface area contributed by atoms with Gasteiger partial charge < -0.3 is 30.2 Å². The van der Waals surface area contributed by atoms with Gasteiger partial charge in [-0.05, 0) is 76.8 Å². The summed E-state index contributed by atoms with van der Waals surface area (Å²) in [5.41, 5.74) is 7.69. The smallest absolute Gasteiger partial charge is 0.407 e. The molecule has 2 fully saturated rings. The summed E-state index contributed by atoms with van der Waals surface area (Å²) in [6.45, 7) is 4.45. The number of aromatic nitrogens is 4. The lowest BCUT2D eigenvalue weighted by Crippen LogP contribution is -2.51. The molecule has 2 aliphatic rings. The van der Waals surface area contributed by atoms with Crippen LogP contribution in [0.3, 0.4) is 0 Å². The van der Waals surface area contributed by atoms with E-state index in [-0.39, 0.29) is 23.9 Å². The Hall–Kier alpha value is -5.74. The second kappa shape index (κ2) is 14.7. The zero-order valence-electron chi connectivity index (χ0n) is 30.3. The van der Waals surface area contributed by atoms with Crippen LogP contribution in [-0.4, -0.2) is 56.5 Å². The fourth-order valence-corrected chi connectivity index (χ4v) is 7.85. The number of amides is 2. The van der Waals surface area contributed by atoms with Gasteiger partial charge in [0.05, 0.1) is 43.0 Å². The average Bonchev–Trinajstić information content (AvgIpc) is 4.03.